The summed E-state index contributed by atoms with van der Waals surface area (Å²) in [6.45, 7) is 2.79. The van der Waals surface area contributed by atoms with Crippen LogP contribution < -0.4 is 0 Å². The van der Waals surface area contributed by atoms with Gasteiger partial charge < -0.3 is 4.84 Å². The van der Waals surface area contributed by atoms with Crippen molar-refractivity contribution in [3.8, 4) is 0 Å². The first-order valence-corrected chi connectivity index (χ1v) is 11.1. The zero-order valence-corrected chi connectivity index (χ0v) is 17.9. The van der Waals surface area contributed by atoms with E-state index in [9.17, 15) is 8.78 Å². The Labute approximate surface area is 175 Å². The summed E-state index contributed by atoms with van der Waals surface area (Å²) in [4.78, 5) is 5.17. The van der Waals surface area contributed by atoms with Gasteiger partial charge in [-0.25, -0.2) is 8.78 Å². The van der Waals surface area contributed by atoms with E-state index in [1.165, 1.54) is 70.1 Å². The maximum absolute atomic E-state index is 13.0. The number of benzene rings is 1. The van der Waals surface area contributed by atoms with Gasteiger partial charge in [0.25, 0.3) is 0 Å². The van der Waals surface area contributed by atoms with Gasteiger partial charge in [-0.05, 0) is 62.6 Å². The van der Waals surface area contributed by atoms with E-state index in [0.717, 1.165) is 31.4 Å². The molecule has 0 aliphatic rings. The molecule has 0 amide bonds. The SMILES string of the molecule is CCCCCC=CCC=CCCCCCCCCON=Cc1ccc(F)c(F)c1. The summed E-state index contributed by atoms with van der Waals surface area (Å²) in [6, 6.07) is 3.65. The van der Waals surface area contributed by atoms with Crippen molar-refractivity contribution in [3.05, 3.63) is 59.7 Å². The van der Waals surface area contributed by atoms with Gasteiger partial charge in [0.15, 0.2) is 11.6 Å². The van der Waals surface area contributed by atoms with E-state index in [0.29, 0.717) is 12.2 Å². The minimum atomic E-state index is -0.876. The Morgan fingerprint density at radius 3 is 2.14 bits per heavy atom. The van der Waals surface area contributed by atoms with Crippen molar-refractivity contribution < 1.29 is 13.6 Å². The summed E-state index contributed by atoms with van der Waals surface area (Å²) in [5, 5.41) is 3.79. The van der Waals surface area contributed by atoms with Crippen molar-refractivity contribution in [1.29, 1.82) is 0 Å². The summed E-state index contributed by atoms with van der Waals surface area (Å²) in [5.74, 6) is -1.73. The molecule has 0 saturated heterocycles. The van der Waals surface area contributed by atoms with E-state index in [1.54, 1.807) is 0 Å². The third-order valence-corrected chi connectivity index (χ3v) is 4.66. The summed E-state index contributed by atoms with van der Waals surface area (Å²) in [7, 11) is 0. The molecule has 29 heavy (non-hydrogen) atoms. The Morgan fingerprint density at radius 2 is 1.45 bits per heavy atom. The monoisotopic (exact) mass is 405 g/mol. The lowest BCUT2D eigenvalue weighted by atomic mass is 10.1. The lowest BCUT2D eigenvalue weighted by Gasteiger charge is -2.01. The molecular formula is C25H37F2NO. The van der Waals surface area contributed by atoms with Gasteiger partial charge in [0.2, 0.25) is 0 Å². The van der Waals surface area contributed by atoms with Gasteiger partial charge in [0, 0.05) is 0 Å². The minimum absolute atomic E-state index is 0.487. The van der Waals surface area contributed by atoms with Crippen molar-refractivity contribution >= 4 is 6.21 Å². The number of hydrogen-bond acceptors (Lipinski definition) is 2. The molecule has 0 heterocycles. The first kappa shape index (κ1) is 25.1. The smallest absolute Gasteiger partial charge is 0.159 e. The van der Waals surface area contributed by atoms with E-state index in [1.807, 2.05) is 0 Å². The highest BCUT2D eigenvalue weighted by Gasteiger charge is 2.00. The van der Waals surface area contributed by atoms with Gasteiger partial charge in [0.1, 0.15) is 6.61 Å². The second-order valence-electron chi connectivity index (χ2n) is 7.33. The summed E-state index contributed by atoms with van der Waals surface area (Å²) in [5.41, 5.74) is 0.487. The van der Waals surface area contributed by atoms with E-state index >= 15 is 0 Å². The minimum Gasteiger partial charge on any atom is -0.396 e. The quantitative estimate of drug-likeness (QED) is 0.111. The average Bonchev–Trinajstić information content (AvgIpc) is 2.72. The normalized spacial score (nSPS) is 12.0. The van der Waals surface area contributed by atoms with Crippen molar-refractivity contribution in [2.45, 2.75) is 84.0 Å². The number of nitrogens with zero attached hydrogens (tertiary/aromatic N) is 1. The molecule has 0 aromatic heterocycles. The Balaban J connectivity index is 1.87. The third kappa shape index (κ3) is 14.7. The molecule has 0 spiro atoms. The molecule has 0 bridgehead atoms. The maximum Gasteiger partial charge on any atom is 0.159 e. The van der Waals surface area contributed by atoms with Gasteiger partial charge in [-0.1, -0.05) is 74.6 Å². The molecule has 0 saturated carbocycles. The summed E-state index contributed by atoms with van der Waals surface area (Å²) < 4.78 is 25.8. The van der Waals surface area contributed by atoms with Crippen LogP contribution in [0.5, 0.6) is 0 Å². The summed E-state index contributed by atoms with van der Waals surface area (Å²) in [6.07, 6.45) is 25.0. The van der Waals surface area contributed by atoms with E-state index in [4.69, 9.17) is 4.84 Å². The fourth-order valence-corrected chi connectivity index (χ4v) is 2.90. The van der Waals surface area contributed by atoms with Crippen molar-refractivity contribution in [2.75, 3.05) is 6.61 Å². The van der Waals surface area contributed by atoms with E-state index < -0.39 is 11.6 Å². The molecule has 1 rings (SSSR count). The molecule has 0 atom stereocenters. The van der Waals surface area contributed by atoms with Crippen LogP contribution in [0.1, 0.15) is 89.5 Å². The highest BCUT2D eigenvalue weighted by atomic mass is 19.2. The fourth-order valence-electron chi connectivity index (χ4n) is 2.90. The van der Waals surface area contributed by atoms with E-state index in [2.05, 4.69) is 36.4 Å². The number of hydrogen-bond donors (Lipinski definition) is 0. The molecule has 162 valence electrons. The maximum atomic E-state index is 13.0. The first-order chi connectivity index (χ1) is 14.2. The van der Waals surface area contributed by atoms with Gasteiger partial charge >= 0.3 is 0 Å². The molecule has 2 nitrogen and oxygen atoms in total. The van der Waals surface area contributed by atoms with E-state index in [-0.39, 0.29) is 0 Å². The predicted octanol–water partition coefficient (Wildman–Crippen LogP) is 8.13. The fraction of sp³-hybridized carbons (Fsp3) is 0.560. The molecule has 0 unspecified atom stereocenters. The van der Waals surface area contributed by atoms with Crippen LogP contribution in [-0.2, 0) is 4.84 Å². The Hall–Kier alpha value is -1.97. The number of halogens is 2. The van der Waals surface area contributed by atoms with Gasteiger partial charge in [0.05, 0.1) is 6.21 Å². The molecule has 0 N–H and O–H groups in total. The van der Waals surface area contributed by atoms with Crippen LogP contribution in [-0.4, -0.2) is 12.8 Å². The molecule has 0 radical (unpaired) electrons. The zero-order valence-electron chi connectivity index (χ0n) is 17.9. The second kappa shape index (κ2) is 18.1. The zero-order chi connectivity index (χ0) is 21.0. The largest absolute Gasteiger partial charge is 0.396 e. The molecule has 0 aliphatic heterocycles. The lowest BCUT2D eigenvalue weighted by molar-refractivity contribution is 0.141. The van der Waals surface area contributed by atoms with Crippen molar-refractivity contribution in [3.63, 3.8) is 0 Å². The molecule has 4 heteroatoms. The molecule has 1 aromatic rings. The van der Waals surface area contributed by atoms with Gasteiger partial charge in [-0.3, -0.25) is 0 Å². The Kier molecular flexibility index (Phi) is 15.6. The van der Waals surface area contributed by atoms with Gasteiger partial charge in [-0.2, -0.15) is 0 Å². The molecule has 0 aliphatic carbocycles. The number of allylic oxidation sites excluding steroid dienone is 4. The van der Waals surface area contributed by atoms with Crippen molar-refractivity contribution in [1.82, 2.24) is 0 Å². The molecule has 0 fully saturated rings. The number of rotatable bonds is 17. The number of unbranched alkanes of at least 4 members (excludes halogenated alkanes) is 9. The predicted molar refractivity (Wildman–Crippen MR) is 119 cm³/mol. The Bertz CT molecular complexity index is 611. The van der Waals surface area contributed by atoms with Crippen LogP contribution in [0.4, 0.5) is 8.78 Å². The highest BCUT2D eigenvalue weighted by molar-refractivity contribution is 5.78. The van der Waals surface area contributed by atoms with Crippen molar-refractivity contribution in [2.24, 2.45) is 5.16 Å². The topological polar surface area (TPSA) is 21.6 Å². The first-order valence-electron chi connectivity index (χ1n) is 11.1. The van der Waals surface area contributed by atoms with Crippen LogP contribution in [0.25, 0.3) is 0 Å². The van der Waals surface area contributed by atoms with Crippen LogP contribution in [0.15, 0.2) is 47.7 Å². The summed E-state index contributed by atoms with van der Waals surface area (Å²) >= 11 is 0. The standard InChI is InChI=1S/C25H37F2NO/c1-2-3-4-5-6-7-8-9-10-11-12-13-14-15-16-17-20-29-28-22-23-18-19-24(26)25(27)21-23/h6-7,9-10,18-19,21-22H,2-5,8,11-17,20H2,1H3. The second-order valence-corrected chi connectivity index (χ2v) is 7.33. The third-order valence-electron chi connectivity index (χ3n) is 4.66. The van der Waals surface area contributed by atoms with Crippen LogP contribution in [0.3, 0.4) is 0 Å². The van der Waals surface area contributed by atoms with Crippen LogP contribution in [0, 0.1) is 11.6 Å². The Morgan fingerprint density at radius 1 is 0.793 bits per heavy atom. The van der Waals surface area contributed by atoms with Crippen LogP contribution >= 0.6 is 0 Å². The molecule has 1 aromatic carbocycles. The van der Waals surface area contributed by atoms with Gasteiger partial charge in [-0.15, -0.1) is 0 Å². The van der Waals surface area contributed by atoms with Crippen LogP contribution in [0.2, 0.25) is 0 Å². The number of oxime groups is 1. The average molecular weight is 406 g/mol. The molecular weight excluding hydrogens is 368 g/mol. The highest BCUT2D eigenvalue weighted by Crippen LogP contribution is 2.09. The lowest BCUT2D eigenvalue weighted by Crippen LogP contribution is -1.91.